The van der Waals surface area contributed by atoms with Crippen LogP contribution in [0.5, 0.6) is 11.5 Å². The molecule has 0 amide bonds. The van der Waals surface area contributed by atoms with Crippen LogP contribution in [0.1, 0.15) is 16.1 Å². The van der Waals surface area contributed by atoms with Crippen molar-refractivity contribution in [2.45, 2.75) is 0 Å². The fraction of sp³-hybridized carbons (Fsp3) is 0.0833. The normalized spacial score (nSPS) is 9.89. The summed E-state index contributed by atoms with van der Waals surface area (Å²) in [5, 5.41) is 30.9. The largest absolute Gasteiger partial charge is 0.503 e. The van der Waals surface area contributed by atoms with Gasteiger partial charge in [-0.1, -0.05) is 5.16 Å². The number of phenols is 1. The summed E-state index contributed by atoms with van der Waals surface area (Å²) in [4.78, 5) is 10.7. The van der Waals surface area contributed by atoms with Crippen LogP contribution in [0.2, 0.25) is 0 Å². The average molecular weight is 260 g/mol. The second-order valence-corrected chi connectivity index (χ2v) is 3.57. The number of rotatable bonds is 3. The predicted octanol–water partition coefficient (Wildman–Crippen LogP) is 1.63. The molecular weight excluding hydrogens is 252 g/mol. The second kappa shape index (κ2) is 4.70. The summed E-state index contributed by atoms with van der Waals surface area (Å²) in [6.07, 6.45) is 0. The van der Waals surface area contributed by atoms with Crippen molar-refractivity contribution in [2.24, 2.45) is 0 Å². The number of aromatic carboxylic acids is 1. The van der Waals surface area contributed by atoms with E-state index >= 15 is 0 Å². The van der Waals surface area contributed by atoms with E-state index in [1.807, 2.05) is 0 Å². The zero-order valence-electron chi connectivity index (χ0n) is 9.75. The van der Waals surface area contributed by atoms with Crippen molar-refractivity contribution in [2.75, 3.05) is 7.11 Å². The Hall–Kier alpha value is -3.01. The number of methoxy groups -OCH3 is 1. The summed E-state index contributed by atoms with van der Waals surface area (Å²) in [7, 11) is 1.34. The van der Waals surface area contributed by atoms with Gasteiger partial charge >= 0.3 is 5.97 Å². The summed E-state index contributed by atoms with van der Waals surface area (Å²) < 4.78 is 9.55. The van der Waals surface area contributed by atoms with Crippen LogP contribution >= 0.6 is 0 Å². The van der Waals surface area contributed by atoms with Crippen molar-refractivity contribution in [1.29, 1.82) is 5.26 Å². The third-order valence-corrected chi connectivity index (χ3v) is 2.43. The van der Waals surface area contributed by atoms with Gasteiger partial charge in [-0.15, -0.1) is 0 Å². The quantitative estimate of drug-likeness (QED) is 0.861. The van der Waals surface area contributed by atoms with Crippen molar-refractivity contribution in [1.82, 2.24) is 5.16 Å². The highest BCUT2D eigenvalue weighted by molar-refractivity contribution is 5.85. The highest BCUT2D eigenvalue weighted by Gasteiger charge is 2.16. The Morgan fingerprint density at radius 2 is 2.21 bits per heavy atom. The molecule has 96 valence electrons. The van der Waals surface area contributed by atoms with E-state index in [0.717, 1.165) is 0 Å². The maximum Gasteiger partial charge on any atom is 0.374 e. The number of benzene rings is 1. The van der Waals surface area contributed by atoms with Crippen molar-refractivity contribution < 1.29 is 24.3 Å². The van der Waals surface area contributed by atoms with Gasteiger partial charge in [0.1, 0.15) is 11.8 Å². The Morgan fingerprint density at radius 1 is 1.47 bits per heavy atom. The topological polar surface area (TPSA) is 117 Å². The number of carboxylic acids is 1. The minimum absolute atomic E-state index is 0.00535. The fourth-order valence-electron chi connectivity index (χ4n) is 1.51. The molecule has 0 bridgehead atoms. The zero-order valence-corrected chi connectivity index (χ0v) is 9.75. The molecule has 0 fully saturated rings. The van der Waals surface area contributed by atoms with Gasteiger partial charge in [0.15, 0.2) is 11.5 Å². The molecule has 0 atom stereocenters. The van der Waals surface area contributed by atoms with E-state index in [-0.39, 0.29) is 28.5 Å². The Kier molecular flexibility index (Phi) is 3.08. The van der Waals surface area contributed by atoms with Crippen molar-refractivity contribution in [3.8, 4) is 28.8 Å². The zero-order chi connectivity index (χ0) is 14.0. The van der Waals surface area contributed by atoms with E-state index in [1.54, 1.807) is 6.07 Å². The van der Waals surface area contributed by atoms with Gasteiger partial charge in [0.2, 0.25) is 5.76 Å². The van der Waals surface area contributed by atoms with Crippen molar-refractivity contribution in [3.63, 3.8) is 0 Å². The van der Waals surface area contributed by atoms with Gasteiger partial charge in [0, 0.05) is 11.6 Å². The molecule has 0 saturated carbocycles. The van der Waals surface area contributed by atoms with E-state index in [4.69, 9.17) is 15.1 Å². The predicted molar refractivity (Wildman–Crippen MR) is 61.8 cm³/mol. The summed E-state index contributed by atoms with van der Waals surface area (Å²) in [5.41, 5.74) is 0.629. The number of nitriles is 1. The molecule has 2 rings (SSSR count). The van der Waals surface area contributed by atoms with Gasteiger partial charge in [-0.05, 0) is 12.1 Å². The van der Waals surface area contributed by atoms with Crippen LogP contribution in [-0.4, -0.2) is 28.4 Å². The molecule has 0 aliphatic carbocycles. The van der Waals surface area contributed by atoms with Crippen molar-refractivity contribution in [3.05, 3.63) is 29.5 Å². The van der Waals surface area contributed by atoms with Crippen LogP contribution in [0, 0.1) is 11.3 Å². The third kappa shape index (κ3) is 2.19. The maximum absolute atomic E-state index is 10.7. The standard InChI is InChI=1S/C12H8N2O5/c1-18-9-3-6(2-7(5-13)11(9)15)8-4-10(12(16)17)19-14-8/h2-4,15H,1H3,(H,16,17). The molecule has 0 saturated heterocycles. The second-order valence-electron chi connectivity index (χ2n) is 3.57. The highest BCUT2D eigenvalue weighted by atomic mass is 16.5. The molecule has 0 aliphatic heterocycles. The number of carbonyl (C=O) groups is 1. The molecule has 19 heavy (non-hydrogen) atoms. The lowest BCUT2D eigenvalue weighted by Crippen LogP contribution is -1.91. The molecule has 2 N–H and O–H groups in total. The summed E-state index contributed by atoms with van der Waals surface area (Å²) >= 11 is 0. The number of nitrogens with zero attached hydrogens (tertiary/aromatic N) is 2. The molecular formula is C12H8N2O5. The Bertz CT molecular complexity index is 684. The van der Waals surface area contributed by atoms with Crippen molar-refractivity contribution >= 4 is 5.97 Å². The first kappa shape index (κ1) is 12.4. The number of aromatic nitrogens is 1. The van der Waals surface area contributed by atoms with Crippen LogP contribution < -0.4 is 4.74 Å². The van der Waals surface area contributed by atoms with Crippen LogP contribution in [-0.2, 0) is 0 Å². The first-order valence-electron chi connectivity index (χ1n) is 5.08. The van der Waals surface area contributed by atoms with Gasteiger partial charge in [0.05, 0.1) is 12.7 Å². The summed E-state index contributed by atoms with van der Waals surface area (Å²) in [6, 6.07) is 5.82. The molecule has 1 heterocycles. The number of phenolic OH excluding ortho intramolecular Hbond substituents is 1. The number of aromatic hydroxyl groups is 1. The maximum atomic E-state index is 10.7. The van der Waals surface area contributed by atoms with E-state index in [2.05, 4.69) is 9.68 Å². The molecule has 7 nitrogen and oxygen atoms in total. The molecule has 7 heteroatoms. The van der Waals surface area contributed by atoms with E-state index < -0.39 is 5.97 Å². The van der Waals surface area contributed by atoms with Gasteiger partial charge in [-0.25, -0.2) is 4.79 Å². The monoisotopic (exact) mass is 260 g/mol. The molecule has 0 spiro atoms. The Morgan fingerprint density at radius 3 is 2.74 bits per heavy atom. The molecule has 2 aromatic rings. The summed E-state index contributed by atoms with van der Waals surface area (Å²) in [6.45, 7) is 0. The van der Waals surface area contributed by atoms with E-state index in [0.29, 0.717) is 5.56 Å². The van der Waals surface area contributed by atoms with Gasteiger partial charge in [-0.2, -0.15) is 5.26 Å². The van der Waals surface area contributed by atoms with Crippen LogP contribution in [0.15, 0.2) is 22.7 Å². The highest BCUT2D eigenvalue weighted by Crippen LogP contribution is 2.34. The smallest absolute Gasteiger partial charge is 0.374 e. The lowest BCUT2D eigenvalue weighted by Gasteiger charge is -2.06. The minimum Gasteiger partial charge on any atom is -0.503 e. The fourth-order valence-corrected chi connectivity index (χ4v) is 1.51. The molecule has 1 aromatic carbocycles. The summed E-state index contributed by atoms with van der Waals surface area (Å²) in [5.74, 6) is -1.75. The lowest BCUT2D eigenvalue weighted by molar-refractivity contribution is 0.0652. The molecule has 0 radical (unpaired) electrons. The number of carboxylic acid groups (broad SMARTS) is 1. The number of ether oxygens (including phenoxy) is 1. The molecule has 0 unspecified atom stereocenters. The Labute approximate surface area is 107 Å². The van der Waals surface area contributed by atoms with E-state index in [9.17, 15) is 9.90 Å². The average Bonchev–Trinajstić information content (AvgIpc) is 2.89. The van der Waals surface area contributed by atoms with Crippen LogP contribution in [0.25, 0.3) is 11.3 Å². The van der Waals surface area contributed by atoms with Gasteiger partial charge in [0.25, 0.3) is 0 Å². The minimum atomic E-state index is -1.25. The molecule has 1 aromatic heterocycles. The number of hydrogen-bond donors (Lipinski definition) is 2. The first-order valence-corrected chi connectivity index (χ1v) is 5.08. The van der Waals surface area contributed by atoms with Crippen LogP contribution in [0.4, 0.5) is 0 Å². The van der Waals surface area contributed by atoms with Gasteiger partial charge < -0.3 is 19.5 Å². The van der Waals surface area contributed by atoms with E-state index in [1.165, 1.54) is 25.3 Å². The van der Waals surface area contributed by atoms with Crippen LogP contribution in [0.3, 0.4) is 0 Å². The lowest BCUT2D eigenvalue weighted by atomic mass is 10.1. The Balaban J connectivity index is 2.56. The third-order valence-electron chi connectivity index (χ3n) is 2.43. The first-order chi connectivity index (χ1) is 9.06. The number of hydrogen-bond acceptors (Lipinski definition) is 6. The van der Waals surface area contributed by atoms with Gasteiger partial charge in [-0.3, -0.25) is 0 Å². The molecule has 0 aliphatic rings. The SMILES string of the molecule is COc1cc(-c2cc(C(=O)O)on2)cc(C#N)c1O.